The molecule has 0 aromatic heterocycles. The summed E-state index contributed by atoms with van der Waals surface area (Å²) in [5.41, 5.74) is 6.60. The molecule has 2 aromatic carbocycles. The van der Waals surface area contributed by atoms with Crippen molar-refractivity contribution in [3.05, 3.63) is 77.5 Å². The summed E-state index contributed by atoms with van der Waals surface area (Å²) in [5, 5.41) is 2.81. The van der Waals surface area contributed by atoms with Crippen molar-refractivity contribution in [2.24, 2.45) is 10.7 Å². The zero-order valence-electron chi connectivity index (χ0n) is 17.6. The summed E-state index contributed by atoms with van der Waals surface area (Å²) in [5.74, 6) is -0.168. The van der Waals surface area contributed by atoms with Gasteiger partial charge in [-0.1, -0.05) is 12.2 Å². The van der Waals surface area contributed by atoms with Crippen LogP contribution in [0.15, 0.2) is 65.8 Å². The third-order valence-electron chi connectivity index (χ3n) is 6.12. The zero-order valence-corrected chi connectivity index (χ0v) is 18.4. The molecule has 0 fully saturated rings. The molecule has 2 aliphatic heterocycles. The van der Waals surface area contributed by atoms with Crippen LogP contribution in [-0.2, 0) is 0 Å². The van der Waals surface area contributed by atoms with E-state index in [1.807, 2.05) is 12.1 Å². The molecule has 2 aromatic rings. The van der Waals surface area contributed by atoms with Gasteiger partial charge >= 0.3 is 5.57 Å². The number of nitrogens with zero attached hydrogens (tertiary/aromatic N) is 2. The van der Waals surface area contributed by atoms with Crippen LogP contribution in [0.5, 0.6) is 5.75 Å². The number of nitrogens with two attached hydrogens (primary N) is 1. The van der Waals surface area contributed by atoms with E-state index in [4.69, 9.17) is 22.3 Å². The molecule has 0 radical (unpaired) electrons. The van der Waals surface area contributed by atoms with Crippen molar-refractivity contribution in [1.82, 2.24) is 0 Å². The predicted molar refractivity (Wildman–Crippen MR) is 124 cm³/mol. The smallest absolute Gasteiger partial charge is 0.420 e. The lowest BCUT2D eigenvalue weighted by Crippen LogP contribution is -2.40. The number of carbonyl (C=O) groups is 1. The van der Waals surface area contributed by atoms with Crippen LogP contribution in [0.1, 0.15) is 40.7 Å². The Bertz CT molecular complexity index is 1200. The number of halogens is 3. The predicted octanol–water partition coefficient (Wildman–Crippen LogP) is 4.96. The topological polar surface area (TPSA) is 79.9 Å². The van der Waals surface area contributed by atoms with Gasteiger partial charge in [-0.25, -0.2) is 0 Å². The zero-order chi connectivity index (χ0) is 23.3. The number of fused-ring (bicyclic) bond motifs is 3. The van der Waals surface area contributed by atoms with E-state index >= 15 is 0 Å². The number of amides is 1. The molecule has 3 unspecified atom stereocenters. The molecule has 9 heteroatoms. The summed E-state index contributed by atoms with van der Waals surface area (Å²) in [4.78, 5) is 20.2. The van der Waals surface area contributed by atoms with Gasteiger partial charge in [-0.2, -0.15) is 0 Å². The van der Waals surface area contributed by atoms with Crippen molar-refractivity contribution in [2.75, 3.05) is 10.2 Å². The van der Waals surface area contributed by atoms with Gasteiger partial charge < -0.3 is 20.7 Å². The maximum absolute atomic E-state index is 13.1. The minimum atomic E-state index is -3.80. The number of benzene rings is 2. The van der Waals surface area contributed by atoms with Crippen LogP contribution in [0.25, 0.3) is 0 Å². The van der Waals surface area contributed by atoms with Gasteiger partial charge in [0.1, 0.15) is 11.9 Å². The highest BCUT2D eigenvalue weighted by atomic mass is 35.5. The Hall–Kier alpha value is -3.39. The first-order chi connectivity index (χ1) is 15.7. The molecule has 6 nitrogen and oxygen atoms in total. The van der Waals surface area contributed by atoms with Crippen molar-refractivity contribution in [3.8, 4) is 5.75 Å². The van der Waals surface area contributed by atoms with Crippen molar-refractivity contribution in [2.45, 2.75) is 37.0 Å². The Labute approximate surface area is 194 Å². The van der Waals surface area contributed by atoms with E-state index in [2.05, 4.69) is 34.0 Å². The van der Waals surface area contributed by atoms with E-state index in [9.17, 15) is 13.6 Å². The molecule has 0 saturated carbocycles. The molecule has 3 aliphatic rings. The Kier molecular flexibility index (Phi) is 5.12. The fraction of sp³-hybridized carbons (Fsp3) is 0.250. The fourth-order valence-electron chi connectivity index (χ4n) is 4.87. The summed E-state index contributed by atoms with van der Waals surface area (Å²) in [6.07, 6.45) is 8.44. The molecule has 3 N–H and O–H groups in total. The largest absolute Gasteiger partial charge is 0.487 e. The van der Waals surface area contributed by atoms with Crippen LogP contribution < -0.4 is 20.7 Å². The van der Waals surface area contributed by atoms with E-state index in [0.717, 1.165) is 28.9 Å². The van der Waals surface area contributed by atoms with Crippen molar-refractivity contribution in [3.63, 3.8) is 0 Å². The Morgan fingerprint density at radius 1 is 1.33 bits per heavy atom. The molecule has 0 saturated heterocycles. The lowest BCUT2D eigenvalue weighted by molar-refractivity contribution is -0.0964. The monoisotopic (exact) mass is 470 g/mol. The van der Waals surface area contributed by atoms with Gasteiger partial charge in [0.25, 0.3) is 5.91 Å². The van der Waals surface area contributed by atoms with Gasteiger partial charge in [-0.05, 0) is 67.6 Å². The Morgan fingerprint density at radius 3 is 2.79 bits per heavy atom. The summed E-state index contributed by atoms with van der Waals surface area (Å²) in [6.45, 7) is 2.06. The number of aliphatic imine (C=N–C) groups is 1. The van der Waals surface area contributed by atoms with Gasteiger partial charge in [0.15, 0.2) is 0 Å². The van der Waals surface area contributed by atoms with Crippen LogP contribution in [0.3, 0.4) is 0 Å². The second-order valence-corrected chi connectivity index (χ2v) is 8.60. The van der Waals surface area contributed by atoms with E-state index in [1.54, 1.807) is 6.08 Å². The molecule has 1 amide bonds. The van der Waals surface area contributed by atoms with Crippen LogP contribution in [0.2, 0.25) is 0 Å². The molecule has 5 rings (SSSR count). The van der Waals surface area contributed by atoms with Gasteiger partial charge in [0.2, 0.25) is 0 Å². The maximum Gasteiger partial charge on any atom is 0.487 e. The average molecular weight is 471 g/mol. The standard InChI is InChI=1S/C24H21ClF2N4O2/c1-13-29-20(9-10-28)19-12-14(11-18-17-3-2-4-21(17)31(13)22(18)19)23(32)30-15-5-7-16(8-6-15)33-24(25,26)27/h2,4-13,17,21H,3,28H2,1H3,(H,30,32). The summed E-state index contributed by atoms with van der Waals surface area (Å²) in [6, 6.07) is 9.53. The molecular formula is C24H21ClF2N4O2. The van der Waals surface area contributed by atoms with Crippen LogP contribution in [0, 0.1) is 0 Å². The van der Waals surface area contributed by atoms with E-state index in [-0.39, 0.29) is 29.8 Å². The highest BCUT2D eigenvalue weighted by Gasteiger charge is 2.44. The van der Waals surface area contributed by atoms with Crippen LogP contribution >= 0.6 is 11.6 Å². The highest BCUT2D eigenvalue weighted by Crippen LogP contribution is 2.51. The van der Waals surface area contributed by atoms with Gasteiger partial charge in [-0.3, -0.25) is 9.79 Å². The first-order valence-corrected chi connectivity index (χ1v) is 10.9. The summed E-state index contributed by atoms with van der Waals surface area (Å²) in [7, 11) is 0. The highest BCUT2D eigenvalue weighted by molar-refractivity contribution is 6.20. The van der Waals surface area contributed by atoms with Gasteiger partial charge in [-0.15, -0.1) is 8.78 Å². The number of alkyl halides is 3. The van der Waals surface area contributed by atoms with Crippen molar-refractivity contribution in [1.29, 1.82) is 0 Å². The molecule has 0 spiro atoms. The molecule has 2 heterocycles. The number of hydrogen-bond acceptors (Lipinski definition) is 5. The van der Waals surface area contributed by atoms with E-state index < -0.39 is 5.57 Å². The number of rotatable bonds is 5. The van der Waals surface area contributed by atoms with E-state index in [0.29, 0.717) is 11.3 Å². The molecule has 1 aliphatic carbocycles. The van der Waals surface area contributed by atoms with Crippen molar-refractivity contribution < 1.29 is 18.3 Å². The number of nitrogens with one attached hydrogen (secondary N) is 1. The number of ether oxygens (including phenoxy) is 1. The lowest BCUT2D eigenvalue weighted by Gasteiger charge is -2.35. The fourth-order valence-corrected chi connectivity index (χ4v) is 4.96. The second-order valence-electron chi connectivity index (χ2n) is 8.16. The van der Waals surface area contributed by atoms with Crippen LogP contribution in [0.4, 0.5) is 20.2 Å². The molecule has 0 bridgehead atoms. The Morgan fingerprint density at radius 2 is 2.09 bits per heavy atom. The molecule has 170 valence electrons. The van der Waals surface area contributed by atoms with Crippen LogP contribution in [-0.4, -0.2) is 29.4 Å². The lowest BCUT2D eigenvalue weighted by atomic mass is 9.91. The third kappa shape index (κ3) is 3.84. The quantitative estimate of drug-likeness (QED) is 0.478. The summed E-state index contributed by atoms with van der Waals surface area (Å²) >= 11 is 4.79. The minimum Gasteiger partial charge on any atom is -0.420 e. The number of allylic oxidation sites excluding steroid dienone is 2. The molecule has 33 heavy (non-hydrogen) atoms. The average Bonchev–Trinajstić information content (AvgIpc) is 3.34. The number of hydrogen-bond donors (Lipinski definition) is 2. The van der Waals surface area contributed by atoms with Gasteiger partial charge in [0, 0.05) is 34.3 Å². The molecular weight excluding hydrogens is 450 g/mol. The Balaban J connectivity index is 1.47. The first-order valence-electron chi connectivity index (χ1n) is 10.5. The normalized spacial score (nSPS) is 22.8. The summed E-state index contributed by atoms with van der Waals surface area (Å²) < 4.78 is 29.9. The first kappa shape index (κ1) is 21.5. The molecule has 3 atom stereocenters. The van der Waals surface area contributed by atoms with Crippen molar-refractivity contribution >= 4 is 34.6 Å². The SMILES string of the molecule is CC1N=C(C=CN)c2cc(C(=O)Nc3ccc(OC(F)(F)Cl)cc3)cc3c2N1C1C=CCC31. The van der Waals surface area contributed by atoms with E-state index in [1.165, 1.54) is 30.5 Å². The third-order valence-corrected chi connectivity index (χ3v) is 6.20. The number of anilines is 2. The maximum atomic E-state index is 13.1. The minimum absolute atomic E-state index is 0.0408. The second kappa shape index (κ2) is 7.88. The van der Waals surface area contributed by atoms with Gasteiger partial charge in [0.05, 0.1) is 17.4 Å². The number of carbonyl (C=O) groups excluding carboxylic acids is 1.